The van der Waals surface area contributed by atoms with Gasteiger partial charge in [0.05, 0.1) is 0 Å². The van der Waals surface area contributed by atoms with Crippen LogP contribution >= 0.6 is 0 Å². The van der Waals surface area contributed by atoms with Gasteiger partial charge in [-0.25, -0.2) is 4.98 Å². The SMILES string of the molecule is CCNc1cc(C(=O)NC(C)C(CC)CC)cc(C)n1. The lowest BCUT2D eigenvalue weighted by Crippen LogP contribution is -2.37. The highest BCUT2D eigenvalue weighted by Crippen LogP contribution is 2.15. The van der Waals surface area contributed by atoms with Crippen LogP contribution in [0.4, 0.5) is 5.82 Å². The summed E-state index contributed by atoms with van der Waals surface area (Å²) in [5.74, 6) is 1.26. The van der Waals surface area contributed by atoms with Crippen molar-refractivity contribution < 1.29 is 4.79 Å². The second-order valence-electron chi connectivity index (χ2n) is 5.25. The number of carbonyl (C=O) groups excluding carboxylic acids is 1. The minimum Gasteiger partial charge on any atom is -0.370 e. The van der Waals surface area contributed by atoms with E-state index in [0.29, 0.717) is 11.5 Å². The molecule has 1 amide bonds. The molecule has 0 spiro atoms. The Balaban J connectivity index is 2.81. The van der Waals surface area contributed by atoms with Gasteiger partial charge in [-0.2, -0.15) is 0 Å². The lowest BCUT2D eigenvalue weighted by atomic mass is 9.95. The predicted molar refractivity (Wildman–Crippen MR) is 84.1 cm³/mol. The Labute approximate surface area is 122 Å². The van der Waals surface area contributed by atoms with Gasteiger partial charge in [0.25, 0.3) is 5.91 Å². The van der Waals surface area contributed by atoms with Gasteiger partial charge in [-0.05, 0) is 38.8 Å². The molecular formula is C16H27N3O. The van der Waals surface area contributed by atoms with Crippen LogP contribution < -0.4 is 10.6 Å². The van der Waals surface area contributed by atoms with Gasteiger partial charge < -0.3 is 10.6 Å². The first kappa shape index (κ1) is 16.5. The average Bonchev–Trinajstić information content (AvgIpc) is 2.39. The molecule has 1 unspecified atom stereocenters. The number of amides is 1. The molecule has 1 heterocycles. The summed E-state index contributed by atoms with van der Waals surface area (Å²) in [7, 11) is 0. The maximum absolute atomic E-state index is 12.3. The molecule has 0 aliphatic rings. The van der Waals surface area contributed by atoms with Gasteiger partial charge in [0, 0.05) is 23.8 Å². The number of nitrogens with one attached hydrogen (secondary N) is 2. The normalized spacial score (nSPS) is 12.3. The van der Waals surface area contributed by atoms with E-state index in [1.165, 1.54) is 0 Å². The first-order valence-corrected chi connectivity index (χ1v) is 7.55. The van der Waals surface area contributed by atoms with E-state index in [1.54, 1.807) is 0 Å². The van der Waals surface area contributed by atoms with Gasteiger partial charge in [0.2, 0.25) is 0 Å². The fraction of sp³-hybridized carbons (Fsp3) is 0.625. The summed E-state index contributed by atoms with van der Waals surface area (Å²) in [6.45, 7) is 11.1. The van der Waals surface area contributed by atoms with Crippen LogP contribution in [0.1, 0.15) is 56.6 Å². The smallest absolute Gasteiger partial charge is 0.251 e. The lowest BCUT2D eigenvalue weighted by molar-refractivity contribution is 0.0925. The molecule has 0 aliphatic carbocycles. The minimum atomic E-state index is -0.0194. The number of aryl methyl sites for hydroxylation is 1. The third kappa shape index (κ3) is 4.51. The summed E-state index contributed by atoms with van der Waals surface area (Å²) in [6.07, 6.45) is 2.16. The van der Waals surface area contributed by atoms with Crippen LogP contribution in [0.3, 0.4) is 0 Å². The molecule has 0 radical (unpaired) electrons. The Morgan fingerprint density at radius 1 is 1.25 bits per heavy atom. The van der Waals surface area contributed by atoms with Crippen molar-refractivity contribution in [1.29, 1.82) is 0 Å². The molecule has 1 atom stereocenters. The summed E-state index contributed by atoms with van der Waals surface area (Å²) in [4.78, 5) is 16.7. The highest BCUT2D eigenvalue weighted by molar-refractivity contribution is 5.95. The Bertz CT molecular complexity index is 441. The van der Waals surface area contributed by atoms with Crippen molar-refractivity contribution in [3.8, 4) is 0 Å². The molecule has 0 bridgehead atoms. The van der Waals surface area contributed by atoms with Gasteiger partial charge in [-0.1, -0.05) is 26.7 Å². The number of nitrogens with zero attached hydrogens (tertiary/aromatic N) is 1. The van der Waals surface area contributed by atoms with E-state index in [0.717, 1.165) is 30.9 Å². The van der Waals surface area contributed by atoms with Gasteiger partial charge in [0.1, 0.15) is 5.82 Å². The van der Waals surface area contributed by atoms with Crippen LogP contribution in [0.5, 0.6) is 0 Å². The van der Waals surface area contributed by atoms with E-state index < -0.39 is 0 Å². The van der Waals surface area contributed by atoms with E-state index >= 15 is 0 Å². The molecule has 1 rings (SSSR count). The van der Waals surface area contributed by atoms with Crippen molar-refractivity contribution in [3.63, 3.8) is 0 Å². The van der Waals surface area contributed by atoms with E-state index in [1.807, 2.05) is 26.0 Å². The van der Waals surface area contributed by atoms with E-state index in [2.05, 4.69) is 36.4 Å². The van der Waals surface area contributed by atoms with Crippen molar-refractivity contribution >= 4 is 11.7 Å². The number of anilines is 1. The van der Waals surface area contributed by atoms with Crippen molar-refractivity contribution in [2.45, 2.75) is 53.5 Å². The van der Waals surface area contributed by atoms with Crippen LogP contribution in [0.2, 0.25) is 0 Å². The molecule has 4 nitrogen and oxygen atoms in total. The number of hydrogen-bond donors (Lipinski definition) is 2. The largest absolute Gasteiger partial charge is 0.370 e. The summed E-state index contributed by atoms with van der Waals surface area (Å²) in [5, 5.41) is 6.25. The summed E-state index contributed by atoms with van der Waals surface area (Å²) >= 11 is 0. The first-order valence-electron chi connectivity index (χ1n) is 7.55. The first-order chi connectivity index (χ1) is 9.51. The van der Waals surface area contributed by atoms with Gasteiger partial charge in [-0.3, -0.25) is 4.79 Å². The van der Waals surface area contributed by atoms with Gasteiger partial charge in [-0.15, -0.1) is 0 Å². The van der Waals surface area contributed by atoms with Crippen LogP contribution in [-0.4, -0.2) is 23.5 Å². The van der Waals surface area contributed by atoms with E-state index in [4.69, 9.17) is 0 Å². The quantitative estimate of drug-likeness (QED) is 0.803. The Morgan fingerprint density at radius 2 is 1.90 bits per heavy atom. The molecule has 4 heteroatoms. The van der Waals surface area contributed by atoms with Crippen molar-refractivity contribution in [2.75, 3.05) is 11.9 Å². The molecule has 0 saturated carbocycles. The number of hydrogen-bond acceptors (Lipinski definition) is 3. The summed E-state index contributed by atoms with van der Waals surface area (Å²) in [6, 6.07) is 3.83. The minimum absolute atomic E-state index is 0.0194. The topological polar surface area (TPSA) is 54.0 Å². The third-order valence-electron chi connectivity index (χ3n) is 3.69. The maximum Gasteiger partial charge on any atom is 0.251 e. The molecule has 1 aromatic rings. The van der Waals surface area contributed by atoms with Crippen molar-refractivity contribution in [1.82, 2.24) is 10.3 Å². The molecule has 112 valence electrons. The number of rotatable bonds is 7. The second-order valence-corrected chi connectivity index (χ2v) is 5.25. The molecule has 0 fully saturated rings. The zero-order chi connectivity index (χ0) is 15.1. The third-order valence-corrected chi connectivity index (χ3v) is 3.69. The van der Waals surface area contributed by atoms with Crippen LogP contribution in [0.15, 0.2) is 12.1 Å². The Morgan fingerprint density at radius 3 is 2.45 bits per heavy atom. The van der Waals surface area contributed by atoms with E-state index in [9.17, 15) is 4.79 Å². The standard InChI is InChI=1S/C16H27N3O/c1-6-13(7-2)12(5)19-16(20)14-9-11(4)18-15(10-14)17-8-3/h9-10,12-13H,6-8H2,1-5H3,(H,17,18)(H,19,20). The highest BCUT2D eigenvalue weighted by atomic mass is 16.1. The van der Waals surface area contributed by atoms with E-state index in [-0.39, 0.29) is 11.9 Å². The number of pyridine rings is 1. The maximum atomic E-state index is 12.3. The second kappa shape index (κ2) is 7.88. The summed E-state index contributed by atoms with van der Waals surface area (Å²) in [5.41, 5.74) is 1.52. The summed E-state index contributed by atoms with van der Waals surface area (Å²) < 4.78 is 0. The average molecular weight is 277 g/mol. The fourth-order valence-electron chi connectivity index (χ4n) is 2.48. The molecule has 0 aliphatic heterocycles. The predicted octanol–water partition coefficient (Wildman–Crippen LogP) is 3.38. The van der Waals surface area contributed by atoms with Gasteiger partial charge >= 0.3 is 0 Å². The zero-order valence-corrected chi connectivity index (χ0v) is 13.3. The van der Waals surface area contributed by atoms with Crippen LogP contribution in [0, 0.1) is 12.8 Å². The van der Waals surface area contributed by atoms with Crippen LogP contribution in [-0.2, 0) is 0 Å². The fourth-order valence-corrected chi connectivity index (χ4v) is 2.48. The van der Waals surface area contributed by atoms with Crippen molar-refractivity contribution in [2.24, 2.45) is 5.92 Å². The monoisotopic (exact) mass is 277 g/mol. The zero-order valence-electron chi connectivity index (χ0n) is 13.3. The van der Waals surface area contributed by atoms with Gasteiger partial charge in [0.15, 0.2) is 0 Å². The highest BCUT2D eigenvalue weighted by Gasteiger charge is 2.17. The molecule has 0 saturated heterocycles. The Kier molecular flexibility index (Phi) is 6.49. The lowest BCUT2D eigenvalue weighted by Gasteiger charge is -2.22. The number of aromatic nitrogens is 1. The molecule has 20 heavy (non-hydrogen) atoms. The Hall–Kier alpha value is -1.58. The molecule has 1 aromatic heterocycles. The van der Waals surface area contributed by atoms with Crippen molar-refractivity contribution in [3.05, 3.63) is 23.4 Å². The molecular weight excluding hydrogens is 250 g/mol. The van der Waals surface area contributed by atoms with Crippen LogP contribution in [0.25, 0.3) is 0 Å². The molecule has 2 N–H and O–H groups in total. The number of carbonyl (C=O) groups is 1. The molecule has 0 aromatic carbocycles.